The van der Waals surface area contributed by atoms with Gasteiger partial charge in [-0.25, -0.2) is 9.97 Å². The number of hydrogen-bond donors (Lipinski definition) is 2. The van der Waals surface area contributed by atoms with Crippen molar-refractivity contribution in [1.29, 1.82) is 0 Å². The van der Waals surface area contributed by atoms with E-state index in [-0.39, 0.29) is 17.8 Å². The molecule has 1 atom stereocenters. The predicted molar refractivity (Wildman–Crippen MR) is 125 cm³/mol. The summed E-state index contributed by atoms with van der Waals surface area (Å²) in [4.78, 5) is 27.5. The van der Waals surface area contributed by atoms with Gasteiger partial charge in [0.25, 0.3) is 0 Å². The van der Waals surface area contributed by atoms with Crippen molar-refractivity contribution in [3.63, 3.8) is 0 Å². The Balaban J connectivity index is 1.20. The lowest BCUT2D eigenvalue weighted by molar-refractivity contribution is -0.154. The summed E-state index contributed by atoms with van der Waals surface area (Å²) in [7, 11) is 1.89. The fourth-order valence-corrected chi connectivity index (χ4v) is 4.18. The molecule has 3 aromatic rings. The number of aromatic nitrogens is 5. The van der Waals surface area contributed by atoms with E-state index in [0.29, 0.717) is 42.2 Å². The van der Waals surface area contributed by atoms with Gasteiger partial charge in [0.2, 0.25) is 17.7 Å². The Morgan fingerprint density at radius 1 is 1.19 bits per heavy atom. The molecular weight excluding hydrogens is 477 g/mol. The lowest BCUT2D eigenvalue weighted by Crippen LogP contribution is -2.48. The molecule has 1 amide bonds. The van der Waals surface area contributed by atoms with E-state index in [1.54, 1.807) is 16.9 Å². The molecule has 3 aromatic heterocycles. The van der Waals surface area contributed by atoms with E-state index in [4.69, 9.17) is 0 Å². The second-order valence-corrected chi connectivity index (χ2v) is 9.02. The number of rotatable bonds is 8. The molecule has 5 rings (SSSR count). The van der Waals surface area contributed by atoms with Crippen LogP contribution >= 0.6 is 0 Å². The summed E-state index contributed by atoms with van der Waals surface area (Å²) in [5, 5.41) is 10.5. The summed E-state index contributed by atoms with van der Waals surface area (Å²) < 4.78 is 43.1. The van der Waals surface area contributed by atoms with Gasteiger partial charge in [-0.15, -0.1) is 0 Å². The standard InChI is InChI=1S/C23H25F3N8O2/c1-13-18-20(33(2)19(16-4-5-16)21(35)31-18)32-22(30-13)28-8-15-9-29-34(11-15)10-14-3-6-17(27-7-14)36-12-23(24,25)26/h3,6-7,9,11,16,19H,4-5,8,10,12H2,1-2H3,(H,31,35)(H,28,30,32). The Morgan fingerprint density at radius 2 is 2.00 bits per heavy atom. The highest BCUT2D eigenvalue weighted by Crippen LogP contribution is 2.41. The van der Waals surface area contributed by atoms with Gasteiger partial charge in [0.15, 0.2) is 12.4 Å². The molecule has 0 aromatic carbocycles. The number of alkyl halides is 3. The summed E-state index contributed by atoms with van der Waals surface area (Å²) in [6.45, 7) is 1.29. The predicted octanol–water partition coefficient (Wildman–Crippen LogP) is 3.14. The van der Waals surface area contributed by atoms with Crippen LogP contribution in [0.3, 0.4) is 0 Å². The minimum absolute atomic E-state index is 0.00834. The summed E-state index contributed by atoms with van der Waals surface area (Å²) >= 11 is 0. The maximum Gasteiger partial charge on any atom is 0.422 e. The molecule has 1 fully saturated rings. The second kappa shape index (κ2) is 9.28. The number of likely N-dealkylation sites (N-methyl/N-ethyl adjacent to an activating group) is 1. The monoisotopic (exact) mass is 502 g/mol. The van der Waals surface area contributed by atoms with E-state index in [1.165, 1.54) is 12.3 Å². The van der Waals surface area contributed by atoms with Gasteiger partial charge in [0, 0.05) is 37.6 Å². The van der Waals surface area contributed by atoms with Gasteiger partial charge in [0.1, 0.15) is 11.7 Å². The van der Waals surface area contributed by atoms with Crippen molar-refractivity contribution in [2.24, 2.45) is 5.92 Å². The number of carbonyl (C=O) groups excluding carboxylic acids is 1. The Bertz CT molecular complexity index is 1260. The minimum atomic E-state index is -4.41. The van der Waals surface area contributed by atoms with Crippen molar-refractivity contribution in [2.45, 2.75) is 45.1 Å². The van der Waals surface area contributed by atoms with Gasteiger partial charge in [-0.05, 0) is 31.2 Å². The van der Waals surface area contributed by atoms with Crippen molar-refractivity contribution >= 4 is 23.4 Å². The van der Waals surface area contributed by atoms with E-state index in [9.17, 15) is 18.0 Å². The number of nitrogens with zero attached hydrogens (tertiary/aromatic N) is 6. The first kappa shape index (κ1) is 23.8. The van der Waals surface area contributed by atoms with Crippen LogP contribution in [0, 0.1) is 12.8 Å². The molecule has 1 saturated carbocycles. The Labute approximate surface area is 204 Å². The summed E-state index contributed by atoms with van der Waals surface area (Å²) in [5.41, 5.74) is 2.98. The molecule has 1 unspecified atom stereocenters. The highest BCUT2D eigenvalue weighted by molar-refractivity contribution is 6.03. The lowest BCUT2D eigenvalue weighted by Gasteiger charge is -2.35. The minimum Gasteiger partial charge on any atom is -0.468 e. The second-order valence-electron chi connectivity index (χ2n) is 9.02. The zero-order chi connectivity index (χ0) is 25.4. The molecule has 0 radical (unpaired) electrons. The van der Waals surface area contributed by atoms with Crippen LogP contribution in [0.4, 0.5) is 30.6 Å². The molecule has 1 aliphatic heterocycles. The first-order valence-electron chi connectivity index (χ1n) is 11.5. The molecular formula is C23H25F3N8O2. The average molecular weight is 503 g/mol. The van der Waals surface area contributed by atoms with Crippen molar-refractivity contribution in [2.75, 3.05) is 29.2 Å². The van der Waals surface area contributed by atoms with E-state index in [2.05, 4.69) is 35.4 Å². The topological polar surface area (TPSA) is 110 Å². The number of anilines is 3. The molecule has 0 saturated heterocycles. The number of halogens is 3. The summed E-state index contributed by atoms with van der Waals surface area (Å²) in [6, 6.07) is 2.83. The Morgan fingerprint density at radius 3 is 2.69 bits per heavy atom. The quantitative estimate of drug-likeness (QED) is 0.484. The normalized spacial score (nSPS) is 17.5. The molecule has 10 nitrogen and oxygen atoms in total. The first-order chi connectivity index (χ1) is 17.2. The van der Waals surface area contributed by atoms with Gasteiger partial charge in [0.05, 0.1) is 18.4 Å². The average Bonchev–Trinajstić information content (AvgIpc) is 3.56. The number of aryl methyl sites for hydroxylation is 1. The molecule has 0 bridgehead atoms. The van der Waals surface area contributed by atoms with Crippen LogP contribution in [0.1, 0.15) is 29.7 Å². The fourth-order valence-electron chi connectivity index (χ4n) is 4.18. The third kappa shape index (κ3) is 5.34. The fraction of sp³-hybridized carbons (Fsp3) is 0.435. The van der Waals surface area contributed by atoms with Gasteiger partial charge in [-0.1, -0.05) is 6.07 Å². The van der Waals surface area contributed by atoms with Crippen LogP contribution in [0.25, 0.3) is 0 Å². The maximum atomic E-state index is 12.5. The highest BCUT2D eigenvalue weighted by Gasteiger charge is 2.43. The Kier molecular flexibility index (Phi) is 6.14. The van der Waals surface area contributed by atoms with Gasteiger partial charge in [-0.3, -0.25) is 9.48 Å². The van der Waals surface area contributed by atoms with E-state index in [1.807, 2.05) is 25.1 Å². The smallest absolute Gasteiger partial charge is 0.422 e. The molecule has 1 aliphatic carbocycles. The van der Waals surface area contributed by atoms with Crippen molar-refractivity contribution < 1.29 is 22.7 Å². The summed E-state index contributed by atoms with van der Waals surface area (Å²) in [5.74, 6) is 1.42. The van der Waals surface area contributed by atoms with Crippen LogP contribution in [0.5, 0.6) is 5.88 Å². The van der Waals surface area contributed by atoms with Gasteiger partial charge >= 0.3 is 6.18 Å². The molecule has 190 valence electrons. The van der Waals surface area contributed by atoms with Crippen LogP contribution in [0.2, 0.25) is 0 Å². The van der Waals surface area contributed by atoms with E-state index < -0.39 is 12.8 Å². The van der Waals surface area contributed by atoms with Crippen LogP contribution < -0.4 is 20.3 Å². The largest absolute Gasteiger partial charge is 0.468 e. The summed E-state index contributed by atoms with van der Waals surface area (Å²) in [6.07, 6.45) is 2.70. The number of nitrogens with one attached hydrogen (secondary N) is 2. The number of hydrogen-bond acceptors (Lipinski definition) is 8. The molecule has 0 spiro atoms. The molecule has 13 heteroatoms. The highest BCUT2D eigenvalue weighted by atomic mass is 19.4. The zero-order valence-corrected chi connectivity index (χ0v) is 19.7. The van der Waals surface area contributed by atoms with Gasteiger partial charge < -0.3 is 20.3 Å². The molecule has 4 heterocycles. The first-order valence-corrected chi connectivity index (χ1v) is 11.5. The zero-order valence-electron chi connectivity index (χ0n) is 19.7. The molecule has 36 heavy (non-hydrogen) atoms. The Hall–Kier alpha value is -3.90. The van der Waals surface area contributed by atoms with Crippen molar-refractivity contribution in [1.82, 2.24) is 24.7 Å². The molecule has 2 N–H and O–H groups in total. The SMILES string of the molecule is Cc1nc(NCc2cnn(Cc3ccc(OCC(F)(F)F)nc3)c2)nc2c1NC(=O)C(C1CC1)N2C. The van der Waals surface area contributed by atoms with E-state index >= 15 is 0 Å². The number of amides is 1. The van der Waals surface area contributed by atoms with Crippen LogP contribution in [-0.4, -0.2) is 56.5 Å². The van der Waals surface area contributed by atoms with Crippen molar-refractivity contribution in [3.05, 3.63) is 47.5 Å². The number of fused-ring (bicyclic) bond motifs is 1. The number of ether oxygens (including phenoxy) is 1. The van der Waals surface area contributed by atoms with Crippen LogP contribution in [0.15, 0.2) is 30.7 Å². The van der Waals surface area contributed by atoms with Gasteiger partial charge in [-0.2, -0.15) is 23.3 Å². The third-order valence-corrected chi connectivity index (χ3v) is 6.07. The molecule has 2 aliphatic rings. The maximum absolute atomic E-state index is 12.5. The number of carbonyl (C=O) groups is 1. The van der Waals surface area contributed by atoms with Crippen LogP contribution in [-0.2, 0) is 17.9 Å². The van der Waals surface area contributed by atoms with Crippen molar-refractivity contribution in [3.8, 4) is 5.88 Å². The number of pyridine rings is 1. The third-order valence-electron chi connectivity index (χ3n) is 6.07. The van der Waals surface area contributed by atoms with E-state index in [0.717, 1.165) is 24.0 Å². The lowest BCUT2D eigenvalue weighted by atomic mass is 10.1.